The highest BCUT2D eigenvalue weighted by atomic mass is 16.2. The number of amides is 2. The molecule has 2 amide bonds. The molecule has 1 fully saturated rings. The molecular formula is C35H43N9O2. The summed E-state index contributed by atoms with van der Waals surface area (Å²) in [6.45, 7) is 12.6. The van der Waals surface area contributed by atoms with E-state index in [1.54, 1.807) is 12.3 Å². The van der Waals surface area contributed by atoms with Gasteiger partial charge in [-0.05, 0) is 94.6 Å². The van der Waals surface area contributed by atoms with E-state index in [9.17, 15) is 9.59 Å². The summed E-state index contributed by atoms with van der Waals surface area (Å²) in [4.78, 5) is 51.4. The Bertz CT molecular complexity index is 1770. The van der Waals surface area contributed by atoms with E-state index in [4.69, 9.17) is 4.98 Å². The number of carbonyl (C=O) groups is 2. The van der Waals surface area contributed by atoms with E-state index in [0.29, 0.717) is 40.6 Å². The predicted octanol–water partition coefficient (Wildman–Crippen LogP) is 5.68. The van der Waals surface area contributed by atoms with E-state index >= 15 is 0 Å². The number of carbonyl (C=O) groups excluding carboxylic acids is 2. The first kappa shape index (κ1) is 31.3. The first-order valence-electron chi connectivity index (χ1n) is 16.2. The van der Waals surface area contributed by atoms with Gasteiger partial charge in [-0.2, -0.15) is 0 Å². The normalized spacial score (nSPS) is 15.8. The van der Waals surface area contributed by atoms with Crippen LogP contribution in [0.3, 0.4) is 0 Å². The molecule has 0 unspecified atom stereocenters. The summed E-state index contributed by atoms with van der Waals surface area (Å²) < 4.78 is 0. The molecule has 46 heavy (non-hydrogen) atoms. The third-order valence-corrected chi connectivity index (χ3v) is 9.14. The van der Waals surface area contributed by atoms with Crippen LogP contribution in [-0.4, -0.2) is 76.4 Å². The van der Waals surface area contributed by atoms with Gasteiger partial charge in [0.25, 0.3) is 5.91 Å². The van der Waals surface area contributed by atoms with Crippen LogP contribution in [0.2, 0.25) is 0 Å². The van der Waals surface area contributed by atoms with E-state index < -0.39 is 5.41 Å². The minimum Gasteiger partial charge on any atom is -0.344 e. The van der Waals surface area contributed by atoms with Gasteiger partial charge in [-0.15, -0.1) is 0 Å². The summed E-state index contributed by atoms with van der Waals surface area (Å²) in [5, 5.41) is 6.44. The van der Waals surface area contributed by atoms with Crippen LogP contribution >= 0.6 is 0 Å². The summed E-state index contributed by atoms with van der Waals surface area (Å²) >= 11 is 0. The van der Waals surface area contributed by atoms with Crippen molar-refractivity contribution in [3.8, 4) is 0 Å². The first-order chi connectivity index (χ1) is 22.2. The van der Waals surface area contributed by atoms with Crippen molar-refractivity contribution in [2.24, 2.45) is 0 Å². The molecule has 2 N–H and O–H groups in total. The van der Waals surface area contributed by atoms with Crippen LogP contribution in [-0.2, 0) is 10.2 Å². The zero-order valence-corrected chi connectivity index (χ0v) is 27.4. The number of hydrogen-bond acceptors (Lipinski definition) is 9. The highest BCUT2D eigenvalue weighted by Crippen LogP contribution is 2.43. The number of aromatic nitrogens is 4. The van der Waals surface area contributed by atoms with Gasteiger partial charge in [0.1, 0.15) is 17.4 Å². The Morgan fingerprint density at radius 2 is 1.85 bits per heavy atom. The second-order valence-corrected chi connectivity index (χ2v) is 12.9. The van der Waals surface area contributed by atoms with Crippen molar-refractivity contribution in [1.82, 2.24) is 24.8 Å². The maximum absolute atomic E-state index is 13.5. The van der Waals surface area contributed by atoms with Crippen molar-refractivity contribution in [1.29, 1.82) is 0 Å². The molecular weight excluding hydrogens is 578 g/mol. The molecule has 0 atom stereocenters. The molecule has 240 valence electrons. The molecule has 0 radical (unpaired) electrons. The van der Waals surface area contributed by atoms with Crippen molar-refractivity contribution < 1.29 is 9.59 Å². The molecule has 2 aromatic carbocycles. The monoisotopic (exact) mass is 621 g/mol. The molecule has 2 aliphatic heterocycles. The van der Waals surface area contributed by atoms with Gasteiger partial charge in [0.2, 0.25) is 11.9 Å². The predicted molar refractivity (Wildman–Crippen MR) is 183 cm³/mol. The van der Waals surface area contributed by atoms with Gasteiger partial charge < -0.3 is 25.3 Å². The van der Waals surface area contributed by atoms with E-state index in [1.807, 2.05) is 68.0 Å². The highest BCUT2D eigenvalue weighted by molar-refractivity contribution is 6.09. The minimum absolute atomic E-state index is 0.0988. The van der Waals surface area contributed by atoms with Gasteiger partial charge in [-0.1, -0.05) is 19.4 Å². The number of unbranched alkanes of at least 4 members (excludes halogenated alkanes) is 1. The standard InChI is InChI=1S/C35H43N9O2/c1-6-7-14-42(5)34-36-21-28-30(41-34)31(38-22-37-28)40-27-19-24(11-10-23(27)2)32(45)39-25-12-13-29-26(20-25)35(3,4)33(46)44(29)18-17-43-15-8-9-16-43/h10-13,19-22H,6-9,14-18H2,1-5H3,(H,39,45)(H,37,38,40). The van der Waals surface area contributed by atoms with Crippen molar-refractivity contribution in [2.75, 3.05) is 60.2 Å². The lowest BCUT2D eigenvalue weighted by Crippen LogP contribution is -2.40. The number of rotatable bonds is 11. The molecule has 0 bridgehead atoms. The summed E-state index contributed by atoms with van der Waals surface area (Å²) in [6, 6.07) is 11.3. The average Bonchev–Trinajstić information content (AvgIpc) is 3.64. The summed E-state index contributed by atoms with van der Waals surface area (Å²) in [5.74, 6) is 1.00. The molecule has 1 saturated heterocycles. The van der Waals surface area contributed by atoms with Crippen LogP contribution in [0, 0.1) is 6.92 Å². The van der Waals surface area contributed by atoms with Gasteiger partial charge in [-0.3, -0.25) is 9.59 Å². The fourth-order valence-corrected chi connectivity index (χ4v) is 6.23. The van der Waals surface area contributed by atoms with E-state index in [0.717, 1.165) is 61.5 Å². The fourth-order valence-electron chi connectivity index (χ4n) is 6.23. The SMILES string of the molecule is CCCCN(C)c1ncc2ncnc(Nc3cc(C(=O)Nc4ccc5c(c4)C(C)(C)C(=O)N5CCN4CCCC4)ccc3C)c2n1. The molecule has 11 heteroatoms. The number of hydrogen-bond donors (Lipinski definition) is 2. The second kappa shape index (κ2) is 13.0. The van der Waals surface area contributed by atoms with Gasteiger partial charge >= 0.3 is 0 Å². The summed E-state index contributed by atoms with van der Waals surface area (Å²) in [6.07, 6.45) is 7.76. The van der Waals surface area contributed by atoms with Gasteiger partial charge in [0, 0.05) is 49.3 Å². The van der Waals surface area contributed by atoms with E-state index in [2.05, 4.69) is 37.4 Å². The molecule has 0 spiro atoms. The van der Waals surface area contributed by atoms with Gasteiger partial charge in [0.05, 0.1) is 11.6 Å². The van der Waals surface area contributed by atoms with Gasteiger partial charge in [0.15, 0.2) is 5.82 Å². The van der Waals surface area contributed by atoms with Crippen molar-refractivity contribution in [3.05, 3.63) is 65.6 Å². The number of aryl methyl sites for hydroxylation is 1. The van der Waals surface area contributed by atoms with Crippen molar-refractivity contribution >= 4 is 51.7 Å². The molecule has 0 aliphatic carbocycles. The smallest absolute Gasteiger partial charge is 0.255 e. The molecule has 6 rings (SSSR count). The van der Waals surface area contributed by atoms with Crippen LogP contribution in [0.5, 0.6) is 0 Å². The third kappa shape index (κ3) is 6.24. The Morgan fingerprint density at radius 3 is 2.63 bits per heavy atom. The first-order valence-corrected chi connectivity index (χ1v) is 16.2. The third-order valence-electron chi connectivity index (χ3n) is 9.14. The number of nitrogens with one attached hydrogen (secondary N) is 2. The largest absolute Gasteiger partial charge is 0.344 e. The quantitative estimate of drug-likeness (QED) is 0.218. The van der Waals surface area contributed by atoms with Crippen LogP contribution in [0.25, 0.3) is 11.0 Å². The maximum Gasteiger partial charge on any atom is 0.255 e. The molecule has 11 nitrogen and oxygen atoms in total. The average molecular weight is 622 g/mol. The summed E-state index contributed by atoms with van der Waals surface area (Å²) in [5.41, 5.74) is 5.25. The Hall–Kier alpha value is -4.64. The lowest BCUT2D eigenvalue weighted by molar-refractivity contribution is -0.122. The number of nitrogens with zero attached hydrogens (tertiary/aromatic N) is 7. The van der Waals surface area contributed by atoms with Crippen LogP contribution in [0.4, 0.5) is 28.8 Å². The fraction of sp³-hybridized carbons (Fsp3) is 0.429. The van der Waals surface area contributed by atoms with Crippen LogP contribution in [0.1, 0.15) is 67.9 Å². The molecule has 4 aromatic rings. The molecule has 0 saturated carbocycles. The minimum atomic E-state index is -0.670. The topological polar surface area (TPSA) is 119 Å². The lowest BCUT2D eigenvalue weighted by atomic mass is 9.86. The molecule has 4 heterocycles. The van der Waals surface area contributed by atoms with Crippen molar-refractivity contribution in [3.63, 3.8) is 0 Å². The van der Waals surface area contributed by atoms with Gasteiger partial charge in [-0.25, -0.2) is 19.9 Å². The zero-order valence-electron chi connectivity index (χ0n) is 27.4. The second-order valence-electron chi connectivity index (χ2n) is 12.9. The number of likely N-dealkylation sites (tertiary alicyclic amines) is 1. The lowest BCUT2D eigenvalue weighted by Gasteiger charge is -2.23. The van der Waals surface area contributed by atoms with E-state index in [1.165, 1.54) is 19.2 Å². The van der Waals surface area contributed by atoms with Crippen molar-refractivity contribution in [2.45, 2.75) is 58.8 Å². The Balaban J connectivity index is 1.20. The number of benzene rings is 2. The summed E-state index contributed by atoms with van der Waals surface area (Å²) in [7, 11) is 1.98. The number of fused-ring (bicyclic) bond motifs is 2. The molecule has 2 aliphatic rings. The zero-order chi connectivity index (χ0) is 32.4. The Labute approximate surface area is 270 Å². The van der Waals surface area contributed by atoms with Crippen LogP contribution in [0.15, 0.2) is 48.9 Å². The Morgan fingerprint density at radius 1 is 1.04 bits per heavy atom. The molecule has 2 aromatic heterocycles. The van der Waals surface area contributed by atoms with Crippen LogP contribution < -0.4 is 20.4 Å². The number of anilines is 5. The highest BCUT2D eigenvalue weighted by Gasteiger charge is 2.44. The van der Waals surface area contributed by atoms with E-state index in [-0.39, 0.29) is 11.8 Å². The Kier molecular flexibility index (Phi) is 8.86. The maximum atomic E-state index is 13.5.